The van der Waals surface area contributed by atoms with E-state index in [4.69, 9.17) is 17.3 Å². The lowest BCUT2D eigenvalue weighted by Crippen LogP contribution is -2.44. The molecule has 8 heteroatoms. The monoisotopic (exact) mass is 334 g/mol. The summed E-state index contributed by atoms with van der Waals surface area (Å²) in [7, 11) is 7.15. The Morgan fingerprint density at radius 3 is 2.46 bits per heavy atom. The molecule has 0 saturated carbocycles. The van der Waals surface area contributed by atoms with E-state index in [1.807, 2.05) is 7.05 Å². The van der Waals surface area contributed by atoms with Crippen molar-refractivity contribution in [2.45, 2.75) is 12.5 Å². The molecule has 0 aliphatic heterocycles. The van der Waals surface area contributed by atoms with Gasteiger partial charge in [-0.25, -0.2) is 0 Å². The molecule has 1 unspecified atom stereocenters. The zero-order chi connectivity index (χ0) is 17.8. The number of nitrogens with one attached hydrogen (secondary N) is 2. The highest BCUT2D eigenvalue weighted by Gasteiger charge is 2.17. The Kier molecular flexibility index (Phi) is 9.75. The van der Waals surface area contributed by atoms with Gasteiger partial charge in [-0.15, -0.1) is 0 Å². The Labute approximate surface area is 143 Å². The standard InChI is InChI=1S/C16H23BN2O5/c1-18-6-7-23-8-9-24-11-15(21)19-14(16(17)22)10-12-2-4-13(20)5-3-12/h2-5,14,18,20H,6-11H2,1H3,(H,19,21). The Hall–Kier alpha value is -1.90. The van der Waals surface area contributed by atoms with Gasteiger partial charge in [0.1, 0.15) is 12.4 Å². The van der Waals surface area contributed by atoms with Gasteiger partial charge in [0, 0.05) is 6.54 Å². The normalized spacial score (nSPS) is 11.9. The predicted molar refractivity (Wildman–Crippen MR) is 90.1 cm³/mol. The van der Waals surface area contributed by atoms with Crippen LogP contribution in [-0.4, -0.2) is 70.6 Å². The van der Waals surface area contributed by atoms with E-state index >= 15 is 0 Å². The molecule has 1 aromatic carbocycles. The molecule has 130 valence electrons. The Balaban J connectivity index is 2.30. The largest absolute Gasteiger partial charge is 0.508 e. The Morgan fingerprint density at radius 1 is 1.17 bits per heavy atom. The number of rotatable bonds is 12. The summed E-state index contributed by atoms with van der Waals surface area (Å²) in [5.74, 6) is -0.295. The molecule has 0 aliphatic carbocycles. The summed E-state index contributed by atoms with van der Waals surface area (Å²) < 4.78 is 10.4. The highest BCUT2D eigenvalue weighted by molar-refractivity contribution is 6.59. The van der Waals surface area contributed by atoms with Gasteiger partial charge < -0.3 is 30.0 Å². The van der Waals surface area contributed by atoms with Crippen LogP contribution in [0.3, 0.4) is 0 Å². The quantitative estimate of drug-likeness (QED) is 0.348. The van der Waals surface area contributed by atoms with E-state index in [0.717, 1.165) is 12.1 Å². The minimum atomic E-state index is -0.836. The number of hydrogen-bond acceptors (Lipinski definition) is 6. The number of amides is 1. The van der Waals surface area contributed by atoms with Gasteiger partial charge in [-0.1, -0.05) is 12.1 Å². The molecular formula is C16H23BN2O5. The second-order valence-electron chi connectivity index (χ2n) is 5.16. The van der Waals surface area contributed by atoms with Gasteiger partial charge in [-0.2, -0.15) is 0 Å². The zero-order valence-corrected chi connectivity index (χ0v) is 13.8. The summed E-state index contributed by atoms with van der Waals surface area (Å²) in [6, 6.07) is 5.50. The van der Waals surface area contributed by atoms with E-state index in [2.05, 4.69) is 10.6 Å². The van der Waals surface area contributed by atoms with Gasteiger partial charge in [0.25, 0.3) is 0 Å². The number of phenolic OH excluding ortho intramolecular Hbond substituents is 1. The first-order chi connectivity index (χ1) is 11.5. The third-order valence-corrected chi connectivity index (χ3v) is 3.16. The molecular weight excluding hydrogens is 311 g/mol. The molecule has 3 N–H and O–H groups in total. The number of carbonyl (C=O) groups is 2. The van der Waals surface area contributed by atoms with Crippen LogP contribution in [0.25, 0.3) is 0 Å². The topological polar surface area (TPSA) is 96.9 Å². The van der Waals surface area contributed by atoms with Gasteiger partial charge in [0.15, 0.2) is 7.85 Å². The molecule has 0 spiro atoms. The fraction of sp³-hybridized carbons (Fsp3) is 0.500. The fourth-order valence-corrected chi connectivity index (χ4v) is 1.89. The van der Waals surface area contributed by atoms with Crippen molar-refractivity contribution in [1.29, 1.82) is 0 Å². The molecule has 0 bridgehead atoms. The Bertz CT molecular complexity index is 510. The third-order valence-electron chi connectivity index (χ3n) is 3.16. The second kappa shape index (κ2) is 11.6. The molecule has 2 radical (unpaired) electrons. The average molecular weight is 334 g/mol. The second-order valence-corrected chi connectivity index (χ2v) is 5.16. The van der Waals surface area contributed by atoms with Crippen molar-refractivity contribution in [3.63, 3.8) is 0 Å². The minimum absolute atomic E-state index is 0.128. The number of hydrogen-bond donors (Lipinski definition) is 3. The van der Waals surface area contributed by atoms with E-state index in [1.54, 1.807) is 12.1 Å². The fourth-order valence-electron chi connectivity index (χ4n) is 1.89. The summed E-state index contributed by atoms with van der Waals surface area (Å²) in [6.45, 7) is 1.83. The minimum Gasteiger partial charge on any atom is -0.508 e. The molecule has 1 amide bonds. The number of aromatic hydroxyl groups is 1. The molecule has 0 heterocycles. The third kappa shape index (κ3) is 8.66. The molecule has 1 rings (SSSR count). The first kappa shape index (κ1) is 20.2. The maximum atomic E-state index is 11.8. The number of likely N-dealkylation sites (N-methyl/N-ethyl adjacent to an activating group) is 1. The summed E-state index contributed by atoms with van der Waals surface area (Å²) in [6.07, 6.45) is 0.245. The van der Waals surface area contributed by atoms with E-state index < -0.39 is 17.6 Å². The number of phenols is 1. The van der Waals surface area contributed by atoms with Crippen molar-refractivity contribution in [3.8, 4) is 5.75 Å². The lowest BCUT2D eigenvalue weighted by Gasteiger charge is -2.16. The zero-order valence-electron chi connectivity index (χ0n) is 13.8. The van der Waals surface area contributed by atoms with Crippen molar-refractivity contribution in [1.82, 2.24) is 10.6 Å². The SMILES string of the molecule is [B]C(=O)C(Cc1ccc(O)cc1)NC(=O)COCCOCCNC. The molecule has 0 saturated heterocycles. The van der Waals surface area contributed by atoms with Crippen molar-refractivity contribution < 1.29 is 24.2 Å². The van der Waals surface area contributed by atoms with Crippen LogP contribution in [0.5, 0.6) is 5.75 Å². The number of carbonyl (C=O) groups excluding carboxylic acids is 2. The maximum absolute atomic E-state index is 11.8. The molecule has 1 atom stereocenters. The summed E-state index contributed by atoms with van der Waals surface area (Å²) >= 11 is 0. The van der Waals surface area contributed by atoms with Crippen molar-refractivity contribution in [2.24, 2.45) is 0 Å². The van der Waals surface area contributed by atoms with Crippen molar-refractivity contribution in [2.75, 3.05) is 40.0 Å². The smallest absolute Gasteiger partial charge is 0.246 e. The summed E-state index contributed by atoms with van der Waals surface area (Å²) in [4.78, 5) is 23.3. The van der Waals surface area contributed by atoms with Crippen LogP contribution in [0.2, 0.25) is 0 Å². The predicted octanol–water partition coefficient (Wildman–Crippen LogP) is -0.633. The van der Waals surface area contributed by atoms with Gasteiger partial charge in [-0.05, 0) is 31.2 Å². The van der Waals surface area contributed by atoms with Crippen LogP contribution in [0.1, 0.15) is 5.56 Å². The molecule has 0 fully saturated rings. The molecule has 0 aromatic heterocycles. The number of ether oxygens (including phenoxy) is 2. The average Bonchev–Trinajstić information content (AvgIpc) is 2.55. The van der Waals surface area contributed by atoms with E-state index in [1.165, 1.54) is 12.1 Å². The van der Waals surface area contributed by atoms with Crippen molar-refractivity contribution >= 4 is 19.4 Å². The highest BCUT2D eigenvalue weighted by Crippen LogP contribution is 2.11. The van der Waals surface area contributed by atoms with Crippen LogP contribution in [0.15, 0.2) is 24.3 Å². The Morgan fingerprint density at radius 2 is 1.83 bits per heavy atom. The molecule has 1 aromatic rings. The van der Waals surface area contributed by atoms with Gasteiger partial charge in [0.05, 0.1) is 31.5 Å². The van der Waals surface area contributed by atoms with Crippen LogP contribution >= 0.6 is 0 Å². The summed E-state index contributed by atoms with van der Waals surface area (Å²) in [5.41, 5.74) is 0.141. The maximum Gasteiger partial charge on any atom is 0.246 e. The van der Waals surface area contributed by atoms with E-state index in [9.17, 15) is 14.7 Å². The molecule has 24 heavy (non-hydrogen) atoms. The van der Waals surface area contributed by atoms with Crippen LogP contribution < -0.4 is 10.6 Å². The lowest BCUT2D eigenvalue weighted by molar-refractivity contribution is -0.129. The van der Waals surface area contributed by atoms with E-state index in [0.29, 0.717) is 13.2 Å². The molecule has 0 aliphatic rings. The van der Waals surface area contributed by atoms with Gasteiger partial charge in [0.2, 0.25) is 5.91 Å². The van der Waals surface area contributed by atoms with Crippen LogP contribution in [-0.2, 0) is 25.5 Å². The molecule has 7 nitrogen and oxygen atoms in total. The van der Waals surface area contributed by atoms with Gasteiger partial charge >= 0.3 is 0 Å². The highest BCUT2D eigenvalue weighted by atomic mass is 16.5. The van der Waals surface area contributed by atoms with E-state index in [-0.39, 0.29) is 25.4 Å². The first-order valence-corrected chi connectivity index (χ1v) is 7.69. The van der Waals surface area contributed by atoms with Crippen molar-refractivity contribution in [3.05, 3.63) is 29.8 Å². The van der Waals surface area contributed by atoms with Crippen LogP contribution in [0, 0.1) is 0 Å². The number of benzene rings is 1. The summed E-state index contributed by atoms with van der Waals surface area (Å²) in [5, 5.41) is 14.7. The van der Waals surface area contributed by atoms with Gasteiger partial charge in [-0.3, -0.25) is 4.79 Å². The lowest BCUT2D eigenvalue weighted by atomic mass is 9.90. The first-order valence-electron chi connectivity index (χ1n) is 7.69. The van der Waals surface area contributed by atoms with Crippen LogP contribution in [0.4, 0.5) is 0 Å².